The lowest BCUT2D eigenvalue weighted by Gasteiger charge is -2.12. The third-order valence-corrected chi connectivity index (χ3v) is 5.31. The fraction of sp³-hybridized carbons (Fsp3) is 0.0769. The van der Waals surface area contributed by atoms with Gasteiger partial charge in [0, 0.05) is 23.0 Å². The SMILES string of the molecule is COc1ccc(/C=N/NC(=O)c2ccccc2-n2cccc2)cc1OCc1ccccc1Cl. The molecule has 6 nitrogen and oxygen atoms in total. The van der Waals surface area contributed by atoms with Crippen LogP contribution in [0.25, 0.3) is 5.69 Å². The van der Waals surface area contributed by atoms with Crippen molar-refractivity contribution in [3.05, 3.63) is 113 Å². The summed E-state index contributed by atoms with van der Waals surface area (Å²) in [6.07, 6.45) is 5.33. The topological polar surface area (TPSA) is 64.8 Å². The molecule has 3 aromatic carbocycles. The summed E-state index contributed by atoms with van der Waals surface area (Å²) < 4.78 is 13.2. The van der Waals surface area contributed by atoms with Gasteiger partial charge in [-0.15, -0.1) is 0 Å². The summed E-state index contributed by atoms with van der Waals surface area (Å²) in [7, 11) is 1.58. The molecule has 33 heavy (non-hydrogen) atoms. The Morgan fingerprint density at radius 2 is 1.76 bits per heavy atom. The van der Waals surface area contributed by atoms with Gasteiger partial charge in [-0.2, -0.15) is 5.10 Å². The summed E-state index contributed by atoms with van der Waals surface area (Å²) in [6.45, 7) is 0.295. The molecule has 4 aromatic rings. The van der Waals surface area contributed by atoms with E-state index < -0.39 is 0 Å². The lowest BCUT2D eigenvalue weighted by molar-refractivity contribution is 0.0955. The van der Waals surface area contributed by atoms with E-state index in [1.54, 1.807) is 31.5 Å². The molecule has 0 aliphatic carbocycles. The Hall–Kier alpha value is -4.03. The molecule has 0 aliphatic rings. The first kappa shape index (κ1) is 22.2. The number of nitrogens with one attached hydrogen (secondary N) is 1. The number of benzene rings is 3. The minimum Gasteiger partial charge on any atom is -0.493 e. The highest BCUT2D eigenvalue weighted by Crippen LogP contribution is 2.29. The lowest BCUT2D eigenvalue weighted by Crippen LogP contribution is -2.19. The molecule has 0 aliphatic heterocycles. The average Bonchev–Trinajstić information content (AvgIpc) is 3.38. The predicted molar refractivity (Wildman–Crippen MR) is 130 cm³/mol. The number of carbonyl (C=O) groups excluding carboxylic acids is 1. The molecule has 0 saturated heterocycles. The zero-order chi connectivity index (χ0) is 23.0. The van der Waals surface area contributed by atoms with Crippen LogP contribution in [-0.4, -0.2) is 23.8 Å². The van der Waals surface area contributed by atoms with E-state index >= 15 is 0 Å². The second kappa shape index (κ2) is 10.5. The van der Waals surface area contributed by atoms with E-state index in [1.165, 1.54) is 0 Å². The Kier molecular flexibility index (Phi) is 7.07. The molecule has 166 valence electrons. The maximum Gasteiger partial charge on any atom is 0.273 e. The molecular formula is C26H22ClN3O3. The van der Waals surface area contributed by atoms with Gasteiger partial charge in [0.1, 0.15) is 6.61 Å². The normalized spacial score (nSPS) is 10.8. The van der Waals surface area contributed by atoms with E-state index in [0.717, 1.165) is 16.8 Å². The van der Waals surface area contributed by atoms with Crippen LogP contribution in [0, 0.1) is 0 Å². The van der Waals surface area contributed by atoms with Crippen LogP contribution in [0.2, 0.25) is 5.02 Å². The number of methoxy groups -OCH3 is 1. The van der Waals surface area contributed by atoms with Gasteiger partial charge in [0.25, 0.3) is 5.91 Å². The van der Waals surface area contributed by atoms with E-state index in [0.29, 0.717) is 28.7 Å². The minimum absolute atomic E-state index is 0.295. The van der Waals surface area contributed by atoms with Crippen molar-refractivity contribution in [2.24, 2.45) is 5.10 Å². The molecule has 0 saturated carbocycles. The average molecular weight is 460 g/mol. The van der Waals surface area contributed by atoms with Crippen LogP contribution < -0.4 is 14.9 Å². The quantitative estimate of drug-likeness (QED) is 0.280. The molecule has 0 atom stereocenters. The van der Waals surface area contributed by atoms with Crippen molar-refractivity contribution in [2.75, 3.05) is 7.11 Å². The molecule has 7 heteroatoms. The van der Waals surface area contributed by atoms with E-state index in [2.05, 4.69) is 10.5 Å². The van der Waals surface area contributed by atoms with Crippen molar-refractivity contribution in [1.29, 1.82) is 0 Å². The summed E-state index contributed by atoms with van der Waals surface area (Å²) in [6, 6.07) is 24.0. The summed E-state index contributed by atoms with van der Waals surface area (Å²) in [5.41, 5.74) is 5.49. The number of ether oxygens (including phenoxy) is 2. The highest BCUT2D eigenvalue weighted by atomic mass is 35.5. The summed E-state index contributed by atoms with van der Waals surface area (Å²) in [5, 5.41) is 4.75. The van der Waals surface area contributed by atoms with E-state index in [9.17, 15) is 4.79 Å². The number of aromatic nitrogens is 1. The van der Waals surface area contributed by atoms with Gasteiger partial charge >= 0.3 is 0 Å². The summed E-state index contributed by atoms with van der Waals surface area (Å²) >= 11 is 6.21. The number of carbonyl (C=O) groups is 1. The summed E-state index contributed by atoms with van der Waals surface area (Å²) in [5.74, 6) is 0.828. The van der Waals surface area contributed by atoms with Gasteiger partial charge in [-0.1, -0.05) is 41.9 Å². The molecule has 4 rings (SSSR count). The van der Waals surface area contributed by atoms with E-state index in [4.69, 9.17) is 21.1 Å². The summed E-state index contributed by atoms with van der Waals surface area (Å²) in [4.78, 5) is 12.7. The number of nitrogens with zero attached hydrogens (tertiary/aromatic N) is 2. The molecular weight excluding hydrogens is 438 g/mol. The van der Waals surface area contributed by atoms with Crippen LogP contribution in [0.4, 0.5) is 0 Å². The maximum atomic E-state index is 12.7. The molecule has 1 heterocycles. The Morgan fingerprint density at radius 3 is 2.55 bits per heavy atom. The van der Waals surface area contributed by atoms with Crippen LogP contribution in [0.1, 0.15) is 21.5 Å². The van der Waals surface area contributed by atoms with Gasteiger partial charge in [-0.3, -0.25) is 4.79 Å². The van der Waals surface area contributed by atoms with Crippen molar-refractivity contribution in [3.8, 4) is 17.2 Å². The zero-order valence-electron chi connectivity index (χ0n) is 17.9. The van der Waals surface area contributed by atoms with Gasteiger partial charge in [0.05, 0.1) is 24.6 Å². The Morgan fingerprint density at radius 1 is 1.00 bits per heavy atom. The number of amides is 1. The Labute approximate surface area is 197 Å². The third kappa shape index (κ3) is 5.42. The number of hydrogen-bond donors (Lipinski definition) is 1. The van der Waals surface area contributed by atoms with E-state index in [1.807, 2.05) is 77.6 Å². The molecule has 0 fully saturated rings. The predicted octanol–water partition coefficient (Wildman–Crippen LogP) is 5.48. The molecule has 0 radical (unpaired) electrons. The van der Waals surface area contributed by atoms with Gasteiger partial charge in [0.2, 0.25) is 0 Å². The zero-order valence-corrected chi connectivity index (χ0v) is 18.7. The van der Waals surface area contributed by atoms with E-state index in [-0.39, 0.29) is 5.91 Å². The highest BCUT2D eigenvalue weighted by Gasteiger charge is 2.11. The van der Waals surface area contributed by atoms with Gasteiger partial charge in [-0.25, -0.2) is 5.43 Å². The fourth-order valence-electron chi connectivity index (χ4n) is 3.27. The Balaban J connectivity index is 1.46. The fourth-order valence-corrected chi connectivity index (χ4v) is 3.46. The van der Waals surface area contributed by atoms with Crippen molar-refractivity contribution >= 4 is 23.7 Å². The monoisotopic (exact) mass is 459 g/mol. The number of hydrogen-bond acceptors (Lipinski definition) is 4. The second-order valence-corrected chi connectivity index (χ2v) is 7.50. The number of hydrazone groups is 1. The van der Waals surface area contributed by atoms with Gasteiger partial charge in [-0.05, 0) is 54.1 Å². The molecule has 1 aromatic heterocycles. The third-order valence-electron chi connectivity index (χ3n) is 4.94. The highest BCUT2D eigenvalue weighted by molar-refractivity contribution is 6.31. The maximum absolute atomic E-state index is 12.7. The molecule has 0 bridgehead atoms. The van der Waals surface area contributed by atoms with Crippen molar-refractivity contribution in [2.45, 2.75) is 6.61 Å². The molecule has 0 unspecified atom stereocenters. The van der Waals surface area contributed by atoms with Crippen molar-refractivity contribution in [1.82, 2.24) is 9.99 Å². The minimum atomic E-state index is -0.306. The number of halogens is 1. The first-order valence-electron chi connectivity index (χ1n) is 10.3. The van der Waals surface area contributed by atoms with Crippen molar-refractivity contribution < 1.29 is 14.3 Å². The Bertz CT molecular complexity index is 1270. The molecule has 1 N–H and O–H groups in total. The first-order valence-corrected chi connectivity index (χ1v) is 10.6. The number of rotatable bonds is 8. The number of para-hydroxylation sites is 1. The first-order chi connectivity index (χ1) is 16.2. The van der Waals surface area contributed by atoms with Crippen LogP contribution >= 0.6 is 11.6 Å². The largest absolute Gasteiger partial charge is 0.493 e. The van der Waals surface area contributed by atoms with Gasteiger partial charge < -0.3 is 14.0 Å². The van der Waals surface area contributed by atoms with Gasteiger partial charge in [0.15, 0.2) is 11.5 Å². The lowest BCUT2D eigenvalue weighted by atomic mass is 10.1. The van der Waals surface area contributed by atoms with Crippen LogP contribution in [0.3, 0.4) is 0 Å². The van der Waals surface area contributed by atoms with Crippen LogP contribution in [-0.2, 0) is 6.61 Å². The van der Waals surface area contributed by atoms with Crippen molar-refractivity contribution in [3.63, 3.8) is 0 Å². The van der Waals surface area contributed by atoms with Crippen LogP contribution in [0.5, 0.6) is 11.5 Å². The van der Waals surface area contributed by atoms with Crippen LogP contribution in [0.15, 0.2) is 96.4 Å². The standard InChI is InChI=1S/C26H22ClN3O3/c1-32-24-13-12-19(16-25(24)33-18-20-8-2-4-10-22(20)27)17-28-29-26(31)21-9-3-5-11-23(21)30-14-6-7-15-30/h2-17H,18H2,1H3,(H,29,31)/b28-17+. The molecule has 1 amide bonds. The smallest absolute Gasteiger partial charge is 0.273 e. The second-order valence-electron chi connectivity index (χ2n) is 7.10. The molecule has 0 spiro atoms.